The van der Waals surface area contributed by atoms with E-state index in [1.165, 1.54) is 27.7 Å². The van der Waals surface area contributed by atoms with E-state index < -0.39 is 0 Å². The summed E-state index contributed by atoms with van der Waals surface area (Å²) in [5.74, 6) is 6.32. The number of pyridine rings is 1. The summed E-state index contributed by atoms with van der Waals surface area (Å²) >= 11 is 0. The highest BCUT2D eigenvalue weighted by Crippen LogP contribution is 2.29. The lowest BCUT2D eigenvalue weighted by Gasteiger charge is -2.02. The van der Waals surface area contributed by atoms with Gasteiger partial charge in [0.2, 0.25) is 0 Å². The van der Waals surface area contributed by atoms with Crippen molar-refractivity contribution in [2.24, 2.45) is 0 Å². The molecular formula is C23H18N2. The van der Waals surface area contributed by atoms with Gasteiger partial charge in [-0.15, -0.1) is 0 Å². The Morgan fingerprint density at radius 3 is 2.60 bits per heavy atom. The zero-order valence-corrected chi connectivity index (χ0v) is 13.9. The summed E-state index contributed by atoms with van der Waals surface area (Å²) in [4.78, 5) is 7.74. The largest absolute Gasteiger partial charge is 0.358 e. The smallest absolute Gasteiger partial charge is 0.113 e. The van der Waals surface area contributed by atoms with Gasteiger partial charge < -0.3 is 4.98 Å². The number of hydrogen-bond donors (Lipinski definition) is 1. The third-order valence-electron chi connectivity index (χ3n) is 4.21. The molecule has 0 amide bonds. The van der Waals surface area contributed by atoms with Crippen LogP contribution in [0.25, 0.3) is 22.0 Å². The number of aromatic amines is 1. The second-order valence-corrected chi connectivity index (χ2v) is 5.94. The van der Waals surface area contributed by atoms with E-state index >= 15 is 0 Å². The van der Waals surface area contributed by atoms with Gasteiger partial charge in [0.05, 0.1) is 0 Å². The molecule has 0 spiro atoms. The van der Waals surface area contributed by atoms with Gasteiger partial charge in [-0.3, -0.25) is 0 Å². The van der Waals surface area contributed by atoms with Crippen LogP contribution in [0.3, 0.4) is 0 Å². The van der Waals surface area contributed by atoms with Gasteiger partial charge in [-0.25, -0.2) is 4.98 Å². The molecule has 0 radical (unpaired) electrons. The zero-order valence-electron chi connectivity index (χ0n) is 13.9. The second kappa shape index (κ2) is 7.07. The Bertz CT molecular complexity index is 1040. The van der Waals surface area contributed by atoms with Crippen molar-refractivity contribution >= 4 is 10.9 Å². The summed E-state index contributed by atoms with van der Waals surface area (Å²) in [6, 6.07) is 25.0. The van der Waals surface area contributed by atoms with Gasteiger partial charge in [-0.1, -0.05) is 54.5 Å². The van der Waals surface area contributed by atoms with Crippen LogP contribution < -0.4 is 0 Å². The Balaban J connectivity index is 1.55. The summed E-state index contributed by atoms with van der Waals surface area (Å²) < 4.78 is 0. The minimum absolute atomic E-state index is 0.810. The van der Waals surface area contributed by atoms with Gasteiger partial charge in [-0.2, -0.15) is 0 Å². The number of aryl methyl sites for hydroxylation is 1. The summed E-state index contributed by atoms with van der Waals surface area (Å²) in [7, 11) is 0. The molecule has 0 saturated heterocycles. The Hall–Kier alpha value is -3.31. The van der Waals surface area contributed by atoms with E-state index in [4.69, 9.17) is 0 Å². The van der Waals surface area contributed by atoms with Crippen molar-refractivity contribution in [1.82, 2.24) is 9.97 Å². The molecule has 0 atom stereocenters. The molecule has 120 valence electrons. The first-order valence-electron chi connectivity index (χ1n) is 8.46. The van der Waals surface area contributed by atoms with Crippen LogP contribution in [-0.4, -0.2) is 9.97 Å². The highest BCUT2D eigenvalue weighted by atomic mass is 14.7. The molecular weight excluding hydrogens is 304 g/mol. The Labute approximate surface area is 147 Å². The van der Waals surface area contributed by atoms with Crippen LogP contribution in [0.5, 0.6) is 0 Å². The van der Waals surface area contributed by atoms with Crippen molar-refractivity contribution in [3.05, 3.63) is 90.4 Å². The first kappa shape index (κ1) is 15.2. The van der Waals surface area contributed by atoms with E-state index in [0.717, 1.165) is 18.5 Å². The maximum absolute atomic E-state index is 4.22. The van der Waals surface area contributed by atoms with Crippen LogP contribution in [0.1, 0.15) is 17.8 Å². The van der Waals surface area contributed by atoms with Gasteiger partial charge >= 0.3 is 0 Å². The van der Waals surface area contributed by atoms with Crippen molar-refractivity contribution in [3.8, 4) is 23.0 Å². The van der Waals surface area contributed by atoms with Crippen LogP contribution >= 0.6 is 0 Å². The third kappa shape index (κ3) is 3.46. The molecule has 0 aliphatic heterocycles. The number of nitrogens with one attached hydrogen (secondary N) is 1. The summed E-state index contributed by atoms with van der Waals surface area (Å²) in [5.41, 5.74) is 5.72. The van der Waals surface area contributed by atoms with Crippen molar-refractivity contribution in [2.75, 3.05) is 0 Å². The Morgan fingerprint density at radius 2 is 1.76 bits per heavy atom. The molecule has 25 heavy (non-hydrogen) atoms. The fourth-order valence-electron chi connectivity index (χ4n) is 3.00. The molecule has 0 saturated carbocycles. The Kier molecular flexibility index (Phi) is 4.31. The monoisotopic (exact) mass is 322 g/mol. The summed E-state index contributed by atoms with van der Waals surface area (Å²) in [6.07, 6.45) is 3.49. The molecule has 2 heterocycles. The maximum Gasteiger partial charge on any atom is 0.113 e. The SMILES string of the molecule is C(#Cc1ccccn1)CCc1cc2c(-c3ccccc3)cccc2[nH]1. The van der Waals surface area contributed by atoms with E-state index in [9.17, 15) is 0 Å². The lowest BCUT2D eigenvalue weighted by molar-refractivity contribution is 0.986. The molecule has 2 heteroatoms. The van der Waals surface area contributed by atoms with E-state index in [2.05, 4.69) is 70.3 Å². The predicted molar refractivity (Wildman–Crippen MR) is 103 cm³/mol. The number of H-pyrrole nitrogens is 1. The molecule has 2 aromatic heterocycles. The highest BCUT2D eigenvalue weighted by molar-refractivity contribution is 5.95. The van der Waals surface area contributed by atoms with E-state index in [1.807, 2.05) is 24.3 Å². The lowest BCUT2D eigenvalue weighted by atomic mass is 10.0. The number of benzene rings is 2. The minimum Gasteiger partial charge on any atom is -0.358 e. The molecule has 2 nitrogen and oxygen atoms in total. The zero-order chi connectivity index (χ0) is 16.9. The van der Waals surface area contributed by atoms with Crippen molar-refractivity contribution in [2.45, 2.75) is 12.8 Å². The second-order valence-electron chi connectivity index (χ2n) is 5.94. The number of hydrogen-bond acceptors (Lipinski definition) is 1. The van der Waals surface area contributed by atoms with Gasteiger partial charge in [0.1, 0.15) is 5.69 Å². The molecule has 0 aliphatic carbocycles. The van der Waals surface area contributed by atoms with Crippen LogP contribution in [-0.2, 0) is 6.42 Å². The first-order valence-corrected chi connectivity index (χ1v) is 8.46. The number of aromatic nitrogens is 2. The summed E-state index contributed by atoms with van der Waals surface area (Å²) in [5, 5.41) is 1.27. The van der Waals surface area contributed by atoms with Crippen LogP contribution in [0.15, 0.2) is 79.0 Å². The van der Waals surface area contributed by atoms with Gasteiger partial charge in [0.25, 0.3) is 0 Å². The summed E-state index contributed by atoms with van der Waals surface area (Å²) in [6.45, 7) is 0. The molecule has 2 aromatic carbocycles. The molecule has 0 aliphatic rings. The van der Waals surface area contributed by atoms with Gasteiger partial charge in [0, 0.05) is 29.2 Å². The molecule has 4 aromatic rings. The van der Waals surface area contributed by atoms with Crippen molar-refractivity contribution in [1.29, 1.82) is 0 Å². The van der Waals surface area contributed by atoms with E-state index in [0.29, 0.717) is 0 Å². The minimum atomic E-state index is 0.810. The van der Waals surface area contributed by atoms with E-state index in [-0.39, 0.29) is 0 Å². The van der Waals surface area contributed by atoms with Gasteiger partial charge in [0.15, 0.2) is 0 Å². The fourth-order valence-corrected chi connectivity index (χ4v) is 3.00. The number of fused-ring (bicyclic) bond motifs is 1. The molecule has 0 unspecified atom stereocenters. The third-order valence-corrected chi connectivity index (χ3v) is 4.21. The Morgan fingerprint density at radius 1 is 0.880 bits per heavy atom. The van der Waals surface area contributed by atoms with Crippen LogP contribution in [0.4, 0.5) is 0 Å². The van der Waals surface area contributed by atoms with Gasteiger partial charge in [-0.05, 0) is 47.7 Å². The van der Waals surface area contributed by atoms with Crippen LogP contribution in [0.2, 0.25) is 0 Å². The molecule has 0 bridgehead atoms. The van der Waals surface area contributed by atoms with Crippen molar-refractivity contribution < 1.29 is 0 Å². The number of rotatable bonds is 3. The fraction of sp³-hybridized carbons (Fsp3) is 0.0870. The predicted octanol–water partition coefficient (Wildman–Crippen LogP) is 5.21. The molecule has 1 N–H and O–H groups in total. The first-order chi connectivity index (χ1) is 12.4. The topological polar surface area (TPSA) is 28.7 Å². The van der Waals surface area contributed by atoms with E-state index in [1.54, 1.807) is 6.20 Å². The molecule has 4 rings (SSSR count). The average molecular weight is 322 g/mol. The van der Waals surface area contributed by atoms with Crippen LogP contribution in [0, 0.1) is 11.8 Å². The quantitative estimate of drug-likeness (QED) is 0.515. The normalized spacial score (nSPS) is 10.4. The molecule has 0 fully saturated rings. The lowest BCUT2D eigenvalue weighted by Crippen LogP contribution is -1.83. The number of nitrogens with zero attached hydrogens (tertiary/aromatic N) is 1. The average Bonchev–Trinajstić information content (AvgIpc) is 3.10. The van der Waals surface area contributed by atoms with Crippen molar-refractivity contribution in [3.63, 3.8) is 0 Å². The highest BCUT2D eigenvalue weighted by Gasteiger charge is 2.06. The maximum atomic E-state index is 4.22. The standard InChI is InChI=1S/C23H18N2/c1-2-9-18(10-3-1)21-14-8-15-23-22(21)17-20(25-23)13-5-4-11-19-12-6-7-16-24-19/h1-3,6-10,12,14-17,25H,5,13H2.